The highest BCUT2D eigenvalue weighted by molar-refractivity contribution is 7.00. The number of hydrogen-bond donors (Lipinski definition) is 0. The van der Waals surface area contributed by atoms with Gasteiger partial charge in [0.1, 0.15) is 0 Å². The van der Waals surface area contributed by atoms with Crippen molar-refractivity contribution in [2.75, 3.05) is 14.7 Å². The summed E-state index contributed by atoms with van der Waals surface area (Å²) in [6.07, 6.45) is 4.73. The fourth-order valence-electron chi connectivity index (χ4n) is 13.5. The summed E-state index contributed by atoms with van der Waals surface area (Å²) in [6, 6.07) is 79.2. The number of nitrogens with zero attached hydrogens (tertiary/aromatic N) is 3. The Balaban J connectivity index is 1.15. The Morgan fingerprint density at radius 1 is 0.432 bits per heavy atom. The number of fused-ring (bicyclic) bond motifs is 7. The van der Waals surface area contributed by atoms with Crippen LogP contribution in [0, 0.1) is 0 Å². The van der Waals surface area contributed by atoms with Gasteiger partial charge < -0.3 is 14.7 Å². The zero-order valence-corrected chi connectivity index (χ0v) is 46.4. The molecule has 0 N–H and O–H groups in total. The third-order valence-corrected chi connectivity index (χ3v) is 21.8. The molecule has 3 nitrogen and oxygen atoms in total. The third kappa shape index (κ3) is 7.34. The Hall–Kier alpha value is -7.12. The van der Waals surface area contributed by atoms with Crippen LogP contribution in [0.5, 0.6) is 0 Å². The lowest BCUT2D eigenvalue weighted by Crippen LogP contribution is -2.64. The van der Waals surface area contributed by atoms with Crippen LogP contribution in [0.3, 0.4) is 0 Å². The zero-order valence-electron chi connectivity index (χ0n) is 44.4. The Morgan fingerprint density at radius 3 is 1.54 bits per heavy atom. The summed E-state index contributed by atoms with van der Waals surface area (Å²) >= 11 is 0. The lowest BCUT2D eigenvalue weighted by Gasteiger charge is -2.53. The van der Waals surface area contributed by atoms with E-state index in [0.29, 0.717) is 0 Å². The molecule has 3 heterocycles. The molecule has 364 valence electrons. The van der Waals surface area contributed by atoms with Gasteiger partial charge in [0.05, 0.1) is 27.4 Å². The zero-order chi connectivity index (χ0) is 50.7. The van der Waals surface area contributed by atoms with Crippen molar-refractivity contribution in [1.82, 2.24) is 0 Å². The SMILES string of the molecule is CC12CCCCC1(C)N1c3cc(N(c4ccc([Si](C)(C)C)cc4)c4ccc([Si](C)(C)C)cc4)cc4c3B(c3ccc(-c5ccccc5)cc3N4c3cccc(-c4ccccc4)c3)c3cc(-c4ccccc4)cc2c31. The average Bonchev–Trinajstić information content (AvgIpc) is 3.63. The molecule has 4 aliphatic rings. The van der Waals surface area contributed by atoms with E-state index in [9.17, 15) is 0 Å². The van der Waals surface area contributed by atoms with Gasteiger partial charge in [0.15, 0.2) is 0 Å². The first-order chi connectivity index (χ1) is 35.7. The van der Waals surface area contributed by atoms with Crippen LogP contribution in [0.1, 0.15) is 45.1 Å². The van der Waals surface area contributed by atoms with E-state index in [1.54, 1.807) is 0 Å². The molecule has 0 aromatic heterocycles. The Labute approximate surface area is 442 Å². The molecule has 1 saturated carbocycles. The van der Waals surface area contributed by atoms with Crippen LogP contribution in [0.2, 0.25) is 39.3 Å². The second-order valence-corrected chi connectivity index (χ2v) is 34.3. The molecule has 74 heavy (non-hydrogen) atoms. The van der Waals surface area contributed by atoms with E-state index < -0.39 is 16.1 Å². The second kappa shape index (κ2) is 17.2. The molecule has 0 amide bonds. The van der Waals surface area contributed by atoms with E-state index in [1.165, 1.54) is 118 Å². The van der Waals surface area contributed by atoms with Gasteiger partial charge in [-0.1, -0.05) is 215 Å². The van der Waals surface area contributed by atoms with Crippen LogP contribution in [-0.4, -0.2) is 28.4 Å². The second-order valence-electron chi connectivity index (χ2n) is 24.1. The monoisotopic (exact) mass is 991 g/mol. The molecule has 1 fully saturated rings. The van der Waals surface area contributed by atoms with Crippen molar-refractivity contribution in [3.8, 4) is 33.4 Å². The van der Waals surface area contributed by atoms with Crippen molar-refractivity contribution in [3.63, 3.8) is 0 Å². The predicted molar refractivity (Wildman–Crippen MR) is 326 cm³/mol. The van der Waals surface area contributed by atoms with Crippen LogP contribution < -0.4 is 41.5 Å². The van der Waals surface area contributed by atoms with Crippen molar-refractivity contribution in [2.24, 2.45) is 0 Å². The molecule has 6 heteroatoms. The van der Waals surface area contributed by atoms with E-state index in [2.05, 4.69) is 274 Å². The topological polar surface area (TPSA) is 9.72 Å². The van der Waals surface area contributed by atoms with E-state index in [0.717, 1.165) is 18.5 Å². The van der Waals surface area contributed by atoms with Crippen molar-refractivity contribution in [2.45, 2.75) is 89.8 Å². The first kappa shape index (κ1) is 46.7. The van der Waals surface area contributed by atoms with Gasteiger partial charge >= 0.3 is 0 Å². The van der Waals surface area contributed by atoms with E-state index in [1.807, 2.05) is 0 Å². The lowest BCUT2D eigenvalue weighted by molar-refractivity contribution is 0.195. The van der Waals surface area contributed by atoms with E-state index >= 15 is 0 Å². The first-order valence-electron chi connectivity index (χ1n) is 27.1. The maximum atomic E-state index is 2.90. The first-order valence-corrected chi connectivity index (χ1v) is 34.1. The smallest absolute Gasteiger partial charge is 0.252 e. The van der Waals surface area contributed by atoms with Gasteiger partial charge in [-0.15, -0.1) is 0 Å². The molecule has 1 aliphatic carbocycles. The van der Waals surface area contributed by atoms with Crippen LogP contribution in [0.15, 0.2) is 206 Å². The third-order valence-electron chi connectivity index (χ3n) is 17.7. The van der Waals surface area contributed by atoms with Crippen LogP contribution in [-0.2, 0) is 5.41 Å². The Kier molecular flexibility index (Phi) is 10.9. The summed E-state index contributed by atoms with van der Waals surface area (Å²) in [7, 11) is -3.16. The molecule has 13 rings (SSSR count). The Morgan fingerprint density at radius 2 is 0.959 bits per heavy atom. The number of benzene rings is 9. The van der Waals surface area contributed by atoms with Crippen molar-refractivity contribution >= 4 is 95.1 Å². The highest BCUT2D eigenvalue weighted by Gasteiger charge is 2.61. The fraction of sp³-hybridized carbons (Fsp3) is 0.206. The molecule has 0 bridgehead atoms. The van der Waals surface area contributed by atoms with Crippen molar-refractivity contribution < 1.29 is 0 Å². The minimum atomic E-state index is -1.58. The summed E-state index contributed by atoms with van der Waals surface area (Å²) in [5.41, 5.74) is 22.8. The number of hydrogen-bond acceptors (Lipinski definition) is 3. The molecule has 9 aromatic carbocycles. The van der Waals surface area contributed by atoms with Gasteiger partial charge in [0.2, 0.25) is 0 Å². The molecule has 0 spiro atoms. The van der Waals surface area contributed by atoms with Gasteiger partial charge in [0.25, 0.3) is 6.71 Å². The summed E-state index contributed by atoms with van der Waals surface area (Å²) in [4.78, 5) is 8.10. The maximum Gasteiger partial charge on any atom is 0.252 e. The van der Waals surface area contributed by atoms with Gasteiger partial charge in [0, 0.05) is 45.2 Å². The van der Waals surface area contributed by atoms with Crippen molar-refractivity contribution in [1.29, 1.82) is 0 Å². The highest BCUT2D eigenvalue weighted by Crippen LogP contribution is 2.63. The lowest BCUT2D eigenvalue weighted by atomic mass is 9.33. The summed E-state index contributed by atoms with van der Waals surface area (Å²) < 4.78 is 0. The summed E-state index contributed by atoms with van der Waals surface area (Å²) in [5, 5.41) is 2.93. The molecule has 3 aliphatic heterocycles. The standard InChI is InChI=1S/C68H66BN3Si2/c1-67-39-18-19-40-68(67,2)72-64-46-56(70(53-30-34-57(35-31-53)73(3,4)5)54-32-36-58(37-33-54)74(6,7)8)45-63-65(64)69(61-43-52(42-59(67)66(61)72)49-25-16-11-17-26-49)60-38-29-51(48-23-14-10-15-24-48)44-62(60)71(63)55-28-20-27-50(41-55)47-21-12-9-13-22-47/h9-17,20-38,41-46H,18-19,39-40H2,1-8H3. The summed E-state index contributed by atoms with van der Waals surface area (Å²) in [5.74, 6) is 0. The van der Waals surface area contributed by atoms with Gasteiger partial charge in [-0.2, -0.15) is 0 Å². The van der Waals surface area contributed by atoms with Gasteiger partial charge in [-0.05, 0) is 136 Å². The quantitative estimate of drug-likeness (QED) is 0.133. The van der Waals surface area contributed by atoms with Crippen LogP contribution >= 0.6 is 0 Å². The van der Waals surface area contributed by atoms with E-state index in [4.69, 9.17) is 0 Å². The largest absolute Gasteiger partial charge is 0.335 e. The van der Waals surface area contributed by atoms with Crippen molar-refractivity contribution in [3.05, 3.63) is 212 Å². The minimum absolute atomic E-state index is 0.0102. The highest BCUT2D eigenvalue weighted by atomic mass is 28.3. The minimum Gasteiger partial charge on any atom is -0.335 e. The summed E-state index contributed by atoms with van der Waals surface area (Å²) in [6.45, 7) is 19.9. The van der Waals surface area contributed by atoms with Gasteiger partial charge in [-0.25, -0.2) is 0 Å². The predicted octanol–water partition coefficient (Wildman–Crippen LogP) is 15.6. The van der Waals surface area contributed by atoms with E-state index in [-0.39, 0.29) is 17.7 Å². The molecule has 0 radical (unpaired) electrons. The normalized spacial score (nSPS) is 18.4. The number of rotatable bonds is 9. The van der Waals surface area contributed by atoms with Crippen LogP contribution in [0.4, 0.5) is 45.5 Å². The molecule has 9 aromatic rings. The fourth-order valence-corrected chi connectivity index (χ4v) is 15.8. The molecular weight excluding hydrogens is 926 g/mol. The average molecular weight is 992 g/mol. The molecule has 2 atom stereocenters. The Bertz CT molecular complexity index is 3560. The maximum absolute atomic E-state index is 2.90. The number of anilines is 8. The molecule has 2 unspecified atom stereocenters. The molecular formula is C68H66BN3Si2. The van der Waals surface area contributed by atoms with Gasteiger partial charge in [-0.3, -0.25) is 0 Å². The van der Waals surface area contributed by atoms with Crippen LogP contribution in [0.25, 0.3) is 33.4 Å². The molecule has 0 saturated heterocycles.